The molecule has 6 heteroatoms. The highest BCUT2D eigenvalue weighted by molar-refractivity contribution is 5.79. The molecule has 1 saturated heterocycles. The summed E-state index contributed by atoms with van der Waals surface area (Å²) in [5, 5.41) is 3.46. The van der Waals surface area contributed by atoms with Crippen LogP contribution in [-0.4, -0.2) is 89.0 Å². The third-order valence-electron chi connectivity index (χ3n) is 4.12. The molecular weight excluding hydrogens is 280 g/mol. The summed E-state index contributed by atoms with van der Waals surface area (Å²) >= 11 is 0. The topological polar surface area (TPSA) is 49.3 Å². The quantitative estimate of drug-likeness (QED) is 0.391. The van der Waals surface area contributed by atoms with E-state index in [-0.39, 0.29) is 0 Å². The van der Waals surface area contributed by atoms with Crippen molar-refractivity contribution in [3.8, 4) is 0 Å². The predicted molar refractivity (Wildman–Crippen MR) is 91.6 cm³/mol. The molecule has 0 aromatic carbocycles. The van der Waals surface area contributed by atoms with Gasteiger partial charge < -0.3 is 24.6 Å². The number of nitrogens with one attached hydrogen (secondary N) is 1. The van der Waals surface area contributed by atoms with Gasteiger partial charge in [-0.15, -0.1) is 0 Å². The Hall–Kier alpha value is -0.850. The van der Waals surface area contributed by atoms with Gasteiger partial charge in [0.05, 0.1) is 6.10 Å². The number of likely N-dealkylation sites (tertiary alicyclic amines) is 1. The lowest BCUT2D eigenvalue weighted by Crippen LogP contribution is -2.48. The fourth-order valence-corrected chi connectivity index (χ4v) is 2.54. The maximum Gasteiger partial charge on any atom is 0.193 e. The minimum atomic E-state index is 0.387. The zero-order valence-corrected chi connectivity index (χ0v) is 14.8. The van der Waals surface area contributed by atoms with Crippen LogP contribution in [0.5, 0.6) is 0 Å². The van der Waals surface area contributed by atoms with Gasteiger partial charge in [-0.1, -0.05) is 6.92 Å². The number of nitrogens with zero attached hydrogens (tertiary/aromatic N) is 3. The molecule has 1 N–H and O–H groups in total. The van der Waals surface area contributed by atoms with Gasteiger partial charge in [0.15, 0.2) is 5.96 Å². The monoisotopic (exact) mass is 314 g/mol. The van der Waals surface area contributed by atoms with Crippen molar-refractivity contribution in [2.45, 2.75) is 32.3 Å². The average molecular weight is 314 g/mol. The van der Waals surface area contributed by atoms with Gasteiger partial charge in [-0.05, 0) is 32.9 Å². The van der Waals surface area contributed by atoms with Crippen molar-refractivity contribution in [1.82, 2.24) is 15.1 Å². The molecule has 1 fully saturated rings. The average Bonchev–Trinajstić information content (AvgIpc) is 2.56. The second-order valence-electron chi connectivity index (χ2n) is 5.77. The first-order chi connectivity index (χ1) is 10.7. The molecule has 22 heavy (non-hydrogen) atoms. The van der Waals surface area contributed by atoms with E-state index >= 15 is 0 Å². The van der Waals surface area contributed by atoms with E-state index in [1.165, 1.54) is 0 Å². The molecule has 0 saturated carbocycles. The molecular formula is C16H34N4O2. The molecule has 0 aromatic rings. The van der Waals surface area contributed by atoms with Crippen LogP contribution in [0.3, 0.4) is 0 Å². The third-order valence-corrected chi connectivity index (χ3v) is 4.12. The van der Waals surface area contributed by atoms with Crippen molar-refractivity contribution in [2.24, 2.45) is 4.99 Å². The number of likely N-dealkylation sites (N-methyl/N-ethyl adjacent to an activating group) is 1. The lowest BCUT2D eigenvalue weighted by molar-refractivity contribution is 0.00990. The summed E-state index contributed by atoms with van der Waals surface area (Å²) in [6.45, 7) is 8.82. The number of ether oxygens (including phenoxy) is 2. The van der Waals surface area contributed by atoms with Crippen LogP contribution in [0.25, 0.3) is 0 Å². The summed E-state index contributed by atoms with van der Waals surface area (Å²) in [5.74, 6) is 1.02. The SMILES string of the molecule is CCN(C)CCNC(=NC)N1CCC(OCCCOC)CC1. The first-order valence-corrected chi connectivity index (χ1v) is 8.46. The van der Waals surface area contributed by atoms with Crippen molar-refractivity contribution in [3.63, 3.8) is 0 Å². The molecule has 0 aliphatic carbocycles. The maximum absolute atomic E-state index is 5.90. The minimum Gasteiger partial charge on any atom is -0.385 e. The van der Waals surface area contributed by atoms with Crippen molar-refractivity contribution in [3.05, 3.63) is 0 Å². The van der Waals surface area contributed by atoms with Gasteiger partial charge in [-0.25, -0.2) is 0 Å². The van der Waals surface area contributed by atoms with E-state index in [4.69, 9.17) is 9.47 Å². The Bertz CT molecular complexity index is 305. The van der Waals surface area contributed by atoms with E-state index < -0.39 is 0 Å². The fraction of sp³-hybridized carbons (Fsp3) is 0.938. The van der Waals surface area contributed by atoms with E-state index in [0.29, 0.717) is 6.10 Å². The molecule has 0 bridgehead atoms. The normalized spacial score (nSPS) is 17.3. The number of hydrogen-bond donors (Lipinski definition) is 1. The smallest absolute Gasteiger partial charge is 0.193 e. The second-order valence-corrected chi connectivity index (χ2v) is 5.77. The van der Waals surface area contributed by atoms with E-state index in [2.05, 4.69) is 34.1 Å². The van der Waals surface area contributed by atoms with Crippen LogP contribution < -0.4 is 5.32 Å². The van der Waals surface area contributed by atoms with E-state index in [0.717, 1.165) is 71.2 Å². The van der Waals surface area contributed by atoms with Crippen LogP contribution in [0, 0.1) is 0 Å². The standard InChI is InChI=1S/C16H34N4O2/c1-5-19(3)12-9-18-16(17-2)20-10-7-15(8-11-20)22-14-6-13-21-4/h15H,5-14H2,1-4H3,(H,17,18). The van der Waals surface area contributed by atoms with Crippen molar-refractivity contribution >= 4 is 5.96 Å². The number of rotatable bonds is 9. The molecule has 1 aliphatic rings. The number of guanidine groups is 1. The highest BCUT2D eigenvalue weighted by Crippen LogP contribution is 2.14. The lowest BCUT2D eigenvalue weighted by atomic mass is 10.1. The molecule has 0 unspecified atom stereocenters. The number of piperidine rings is 1. The van der Waals surface area contributed by atoms with Crippen LogP contribution in [0.2, 0.25) is 0 Å². The van der Waals surface area contributed by atoms with Crippen molar-refractivity contribution < 1.29 is 9.47 Å². The first-order valence-electron chi connectivity index (χ1n) is 8.46. The zero-order valence-electron chi connectivity index (χ0n) is 14.8. The molecule has 0 aromatic heterocycles. The predicted octanol–water partition coefficient (Wildman–Crippen LogP) is 1.03. The molecule has 130 valence electrons. The Labute approximate surface area is 135 Å². The summed E-state index contributed by atoms with van der Waals surface area (Å²) in [6.07, 6.45) is 3.51. The highest BCUT2D eigenvalue weighted by Gasteiger charge is 2.21. The van der Waals surface area contributed by atoms with E-state index in [9.17, 15) is 0 Å². The molecule has 0 radical (unpaired) electrons. The van der Waals surface area contributed by atoms with Crippen LogP contribution >= 0.6 is 0 Å². The van der Waals surface area contributed by atoms with Crippen LogP contribution in [-0.2, 0) is 9.47 Å². The largest absolute Gasteiger partial charge is 0.385 e. The van der Waals surface area contributed by atoms with Gasteiger partial charge in [-0.3, -0.25) is 4.99 Å². The number of hydrogen-bond acceptors (Lipinski definition) is 4. The van der Waals surface area contributed by atoms with Gasteiger partial charge >= 0.3 is 0 Å². The molecule has 0 spiro atoms. The third kappa shape index (κ3) is 7.42. The summed E-state index contributed by atoms with van der Waals surface area (Å²) in [4.78, 5) is 9.03. The molecule has 1 rings (SSSR count). The zero-order chi connectivity index (χ0) is 16.2. The summed E-state index contributed by atoms with van der Waals surface area (Å²) in [6, 6.07) is 0. The molecule has 6 nitrogen and oxygen atoms in total. The molecule has 0 atom stereocenters. The Morgan fingerprint density at radius 2 is 2.05 bits per heavy atom. The second kappa shape index (κ2) is 11.7. The lowest BCUT2D eigenvalue weighted by Gasteiger charge is -2.34. The van der Waals surface area contributed by atoms with Crippen molar-refractivity contribution in [2.75, 3.05) is 67.1 Å². The Morgan fingerprint density at radius 3 is 2.64 bits per heavy atom. The van der Waals surface area contributed by atoms with Gasteiger partial charge in [0.1, 0.15) is 0 Å². The molecule has 0 amide bonds. The molecule has 1 heterocycles. The summed E-state index contributed by atoms with van der Waals surface area (Å²) in [5.41, 5.74) is 0. The van der Waals surface area contributed by atoms with Gasteiger partial charge in [0.2, 0.25) is 0 Å². The summed E-state index contributed by atoms with van der Waals surface area (Å²) in [7, 11) is 5.73. The van der Waals surface area contributed by atoms with E-state index in [1.807, 2.05) is 7.05 Å². The van der Waals surface area contributed by atoms with Crippen LogP contribution in [0.4, 0.5) is 0 Å². The Kier molecular flexibility index (Phi) is 10.2. The Balaban J connectivity index is 2.21. The van der Waals surface area contributed by atoms with E-state index in [1.54, 1.807) is 7.11 Å². The highest BCUT2D eigenvalue weighted by atomic mass is 16.5. The van der Waals surface area contributed by atoms with Gasteiger partial charge in [0.25, 0.3) is 0 Å². The maximum atomic E-state index is 5.90. The number of methoxy groups -OCH3 is 1. The van der Waals surface area contributed by atoms with Crippen LogP contribution in [0.15, 0.2) is 4.99 Å². The first kappa shape index (κ1) is 19.2. The van der Waals surface area contributed by atoms with Gasteiger partial charge in [-0.2, -0.15) is 0 Å². The summed E-state index contributed by atoms with van der Waals surface area (Å²) < 4.78 is 10.9. The fourth-order valence-electron chi connectivity index (χ4n) is 2.54. The number of aliphatic imine (C=N–C) groups is 1. The molecule has 1 aliphatic heterocycles. The van der Waals surface area contributed by atoms with Gasteiger partial charge in [0, 0.05) is 53.6 Å². The minimum absolute atomic E-state index is 0.387. The van der Waals surface area contributed by atoms with Crippen LogP contribution in [0.1, 0.15) is 26.2 Å². The van der Waals surface area contributed by atoms with Crippen molar-refractivity contribution in [1.29, 1.82) is 0 Å². The Morgan fingerprint density at radius 1 is 1.32 bits per heavy atom.